The van der Waals surface area contributed by atoms with Crippen molar-refractivity contribution in [1.82, 2.24) is 0 Å². The van der Waals surface area contributed by atoms with Gasteiger partial charge in [-0.3, -0.25) is 4.79 Å². The molecule has 0 radical (unpaired) electrons. The summed E-state index contributed by atoms with van der Waals surface area (Å²) in [5, 5.41) is 0. The highest BCUT2D eigenvalue weighted by Gasteiger charge is 2.30. The molecule has 0 saturated heterocycles. The third-order valence-corrected chi connectivity index (χ3v) is 4.92. The molecule has 152 valence electrons. The molecule has 0 heterocycles. The average Bonchev–Trinajstić information content (AvgIpc) is 2.69. The molecule has 2 aromatic carbocycles. The summed E-state index contributed by atoms with van der Waals surface area (Å²) in [6.07, 6.45) is -4.41. The summed E-state index contributed by atoms with van der Waals surface area (Å²) >= 11 is 0. The first-order chi connectivity index (χ1) is 13.3. The highest BCUT2D eigenvalue weighted by Crippen LogP contribution is 2.32. The molecule has 0 atom stereocenters. The lowest BCUT2D eigenvalue weighted by Crippen LogP contribution is -2.28. The summed E-state index contributed by atoms with van der Waals surface area (Å²) in [7, 11) is 0. The molecular weight excluding hydrogens is 365 g/mol. The number of alkyl halides is 3. The van der Waals surface area contributed by atoms with Crippen LogP contribution in [0.5, 0.6) is 0 Å². The zero-order valence-electron chi connectivity index (χ0n) is 16.8. The largest absolute Gasteiger partial charge is 0.416 e. The van der Waals surface area contributed by atoms with E-state index in [0.717, 1.165) is 49.7 Å². The molecule has 0 aromatic heterocycles. The van der Waals surface area contributed by atoms with Gasteiger partial charge in [-0.15, -0.1) is 0 Å². The quantitative estimate of drug-likeness (QED) is 0.544. The van der Waals surface area contributed by atoms with E-state index >= 15 is 0 Å². The van der Waals surface area contributed by atoms with Gasteiger partial charge >= 0.3 is 6.18 Å². The van der Waals surface area contributed by atoms with Gasteiger partial charge in [-0.05, 0) is 58.0 Å². The summed E-state index contributed by atoms with van der Waals surface area (Å²) in [6, 6.07) is 9.89. The fourth-order valence-corrected chi connectivity index (χ4v) is 3.29. The average molecular weight is 392 g/mol. The predicted octanol–water partition coefficient (Wildman–Crippen LogP) is 5.63. The molecule has 6 heteroatoms. The summed E-state index contributed by atoms with van der Waals surface area (Å²) in [4.78, 5) is 17.3. The van der Waals surface area contributed by atoms with Crippen LogP contribution in [-0.2, 0) is 6.18 Å². The standard InChI is InChI=1S/C22H27F3N2O/c1-5-26(6-2)19-14-11-17(15-20(19)27(7-3)8-4)21(28)16-9-12-18(13-10-16)22(23,24)25/h9-15H,5-8H2,1-4H3. The molecule has 0 fully saturated rings. The van der Waals surface area contributed by atoms with Gasteiger partial charge in [0.1, 0.15) is 0 Å². The number of hydrogen-bond acceptors (Lipinski definition) is 3. The lowest BCUT2D eigenvalue weighted by atomic mass is 10.00. The molecule has 0 aliphatic heterocycles. The van der Waals surface area contributed by atoms with Crippen LogP contribution >= 0.6 is 0 Å². The molecule has 28 heavy (non-hydrogen) atoms. The minimum Gasteiger partial charge on any atom is -0.370 e. The van der Waals surface area contributed by atoms with Crippen LogP contribution in [0.15, 0.2) is 42.5 Å². The van der Waals surface area contributed by atoms with Crippen LogP contribution in [0.25, 0.3) is 0 Å². The van der Waals surface area contributed by atoms with Crippen molar-refractivity contribution in [3.05, 3.63) is 59.2 Å². The molecule has 3 nitrogen and oxygen atoms in total. The number of halogens is 3. The lowest BCUT2D eigenvalue weighted by molar-refractivity contribution is -0.137. The smallest absolute Gasteiger partial charge is 0.370 e. The molecule has 0 N–H and O–H groups in total. The van der Waals surface area contributed by atoms with E-state index in [4.69, 9.17) is 0 Å². The Hall–Kier alpha value is -2.50. The molecular formula is C22H27F3N2O. The van der Waals surface area contributed by atoms with Crippen molar-refractivity contribution in [2.45, 2.75) is 33.9 Å². The Morgan fingerprint density at radius 1 is 0.750 bits per heavy atom. The van der Waals surface area contributed by atoms with Crippen molar-refractivity contribution >= 4 is 17.2 Å². The topological polar surface area (TPSA) is 23.6 Å². The Kier molecular flexibility index (Phi) is 7.11. The van der Waals surface area contributed by atoms with Crippen molar-refractivity contribution in [1.29, 1.82) is 0 Å². The van der Waals surface area contributed by atoms with Crippen molar-refractivity contribution in [2.75, 3.05) is 36.0 Å². The highest BCUT2D eigenvalue weighted by atomic mass is 19.4. The zero-order chi connectivity index (χ0) is 20.9. The summed E-state index contributed by atoms with van der Waals surface area (Å²) in [5.41, 5.74) is 1.97. The maximum atomic E-state index is 12.9. The molecule has 0 amide bonds. The normalized spacial score (nSPS) is 11.4. The summed E-state index contributed by atoms with van der Waals surface area (Å²) in [6.45, 7) is 11.5. The highest BCUT2D eigenvalue weighted by molar-refractivity contribution is 6.10. The van der Waals surface area contributed by atoms with Gasteiger partial charge in [-0.1, -0.05) is 12.1 Å². The summed E-state index contributed by atoms with van der Waals surface area (Å²) < 4.78 is 38.3. The van der Waals surface area contributed by atoms with Crippen LogP contribution in [0.2, 0.25) is 0 Å². The lowest BCUT2D eigenvalue weighted by Gasteiger charge is -2.30. The molecule has 0 saturated carbocycles. The van der Waals surface area contributed by atoms with Gasteiger partial charge in [0.05, 0.1) is 16.9 Å². The van der Waals surface area contributed by atoms with Crippen molar-refractivity contribution < 1.29 is 18.0 Å². The number of nitrogens with zero attached hydrogens (tertiary/aromatic N) is 2. The van der Waals surface area contributed by atoms with E-state index in [-0.39, 0.29) is 11.3 Å². The van der Waals surface area contributed by atoms with E-state index in [0.29, 0.717) is 5.56 Å². The van der Waals surface area contributed by atoms with E-state index in [2.05, 4.69) is 37.5 Å². The van der Waals surface area contributed by atoms with Gasteiger partial charge in [-0.25, -0.2) is 0 Å². The van der Waals surface area contributed by atoms with E-state index < -0.39 is 11.7 Å². The number of hydrogen-bond donors (Lipinski definition) is 0. The van der Waals surface area contributed by atoms with Gasteiger partial charge in [0.25, 0.3) is 0 Å². The van der Waals surface area contributed by atoms with Crippen LogP contribution in [0.1, 0.15) is 49.2 Å². The van der Waals surface area contributed by atoms with Gasteiger partial charge in [0.15, 0.2) is 5.78 Å². The van der Waals surface area contributed by atoms with E-state index in [1.54, 1.807) is 6.07 Å². The molecule has 0 aliphatic rings. The maximum absolute atomic E-state index is 12.9. The first kappa shape index (κ1) is 21.8. The van der Waals surface area contributed by atoms with Crippen LogP contribution in [-0.4, -0.2) is 32.0 Å². The van der Waals surface area contributed by atoms with Gasteiger partial charge < -0.3 is 9.80 Å². The van der Waals surface area contributed by atoms with Crippen molar-refractivity contribution in [3.8, 4) is 0 Å². The Bertz CT molecular complexity index is 792. The van der Waals surface area contributed by atoms with Crippen LogP contribution in [0.4, 0.5) is 24.5 Å². The number of rotatable bonds is 8. The number of benzene rings is 2. The van der Waals surface area contributed by atoms with E-state index in [9.17, 15) is 18.0 Å². The predicted molar refractivity (Wildman–Crippen MR) is 108 cm³/mol. The van der Waals surface area contributed by atoms with Crippen LogP contribution in [0, 0.1) is 0 Å². The number of ketones is 1. The first-order valence-electron chi connectivity index (χ1n) is 9.62. The van der Waals surface area contributed by atoms with E-state index in [1.165, 1.54) is 12.1 Å². The Labute approximate surface area is 164 Å². The zero-order valence-corrected chi connectivity index (χ0v) is 16.8. The molecule has 2 aromatic rings. The van der Waals surface area contributed by atoms with Gasteiger partial charge in [-0.2, -0.15) is 13.2 Å². The molecule has 2 rings (SSSR count). The van der Waals surface area contributed by atoms with Crippen molar-refractivity contribution in [2.24, 2.45) is 0 Å². The monoisotopic (exact) mass is 392 g/mol. The minimum absolute atomic E-state index is 0.245. The molecule has 0 spiro atoms. The number of anilines is 2. The fraction of sp³-hybridized carbons (Fsp3) is 0.409. The number of carbonyl (C=O) groups is 1. The van der Waals surface area contributed by atoms with E-state index in [1.807, 2.05) is 12.1 Å². The molecule has 0 bridgehead atoms. The van der Waals surface area contributed by atoms with Crippen LogP contribution in [0.3, 0.4) is 0 Å². The second kappa shape index (κ2) is 9.13. The van der Waals surface area contributed by atoms with Gasteiger partial charge in [0, 0.05) is 37.3 Å². The maximum Gasteiger partial charge on any atom is 0.416 e. The van der Waals surface area contributed by atoms with Crippen LogP contribution < -0.4 is 9.80 Å². The Morgan fingerprint density at radius 3 is 1.68 bits per heavy atom. The first-order valence-corrected chi connectivity index (χ1v) is 9.62. The Morgan fingerprint density at radius 2 is 1.21 bits per heavy atom. The SMILES string of the molecule is CCN(CC)c1ccc(C(=O)c2ccc(C(F)(F)F)cc2)cc1N(CC)CC. The van der Waals surface area contributed by atoms with Gasteiger partial charge in [0.2, 0.25) is 0 Å². The van der Waals surface area contributed by atoms with Crippen molar-refractivity contribution in [3.63, 3.8) is 0 Å². The fourth-order valence-electron chi connectivity index (χ4n) is 3.29. The third-order valence-electron chi connectivity index (χ3n) is 4.92. The molecule has 0 unspecified atom stereocenters. The third kappa shape index (κ3) is 4.66. The Balaban J connectivity index is 2.45. The number of carbonyl (C=O) groups excluding carboxylic acids is 1. The summed E-state index contributed by atoms with van der Waals surface area (Å²) in [5.74, 6) is -0.284. The molecule has 0 aliphatic carbocycles. The minimum atomic E-state index is -4.41. The second-order valence-corrected chi connectivity index (χ2v) is 6.45. The second-order valence-electron chi connectivity index (χ2n) is 6.45.